The van der Waals surface area contributed by atoms with Gasteiger partial charge in [-0.3, -0.25) is 4.79 Å². The normalized spacial score (nSPS) is 12.7. The van der Waals surface area contributed by atoms with Crippen LogP contribution in [0.1, 0.15) is 25.0 Å². The minimum Gasteiger partial charge on any atom is -0.507 e. The monoisotopic (exact) mass is 351 g/mol. The van der Waals surface area contributed by atoms with Crippen molar-refractivity contribution in [2.75, 3.05) is 0 Å². The van der Waals surface area contributed by atoms with Gasteiger partial charge in [0.2, 0.25) is 0 Å². The first-order chi connectivity index (χ1) is 12.1. The predicted octanol–water partition coefficient (Wildman–Crippen LogP) is 4.56. The molecule has 2 aromatic heterocycles. The molecule has 1 unspecified atom stereocenters. The largest absolute Gasteiger partial charge is 0.507 e. The molecular formula is C20H17NO3S. The molecule has 4 aromatic rings. The number of hydrogen-bond acceptors (Lipinski definition) is 4. The molecule has 2 heterocycles. The molecule has 3 N–H and O–H groups in total. The molecule has 4 rings (SSSR count). The maximum absolute atomic E-state index is 12.2. The van der Waals surface area contributed by atoms with Gasteiger partial charge in [-0.15, -0.1) is 11.3 Å². The zero-order valence-corrected chi connectivity index (χ0v) is 14.4. The van der Waals surface area contributed by atoms with E-state index < -0.39 is 6.10 Å². The van der Waals surface area contributed by atoms with Crippen molar-refractivity contribution in [1.29, 1.82) is 0 Å². The number of hydrogen-bond donors (Lipinski definition) is 3. The lowest BCUT2D eigenvalue weighted by atomic mass is 9.95. The van der Waals surface area contributed by atoms with Crippen LogP contribution in [0.3, 0.4) is 0 Å². The lowest BCUT2D eigenvalue weighted by molar-refractivity contribution is 0.173. The van der Waals surface area contributed by atoms with E-state index in [0.29, 0.717) is 22.2 Å². The van der Waals surface area contributed by atoms with Crippen LogP contribution in [0.2, 0.25) is 0 Å². The predicted molar refractivity (Wildman–Crippen MR) is 102 cm³/mol. The van der Waals surface area contributed by atoms with E-state index in [1.54, 1.807) is 12.1 Å². The molecule has 0 fully saturated rings. The van der Waals surface area contributed by atoms with Gasteiger partial charge in [0.1, 0.15) is 10.4 Å². The van der Waals surface area contributed by atoms with Crippen LogP contribution in [0.25, 0.3) is 32.1 Å². The summed E-state index contributed by atoms with van der Waals surface area (Å²) in [6.45, 7) is 1.93. The summed E-state index contributed by atoms with van der Waals surface area (Å²) in [5, 5.41) is 24.0. The minimum atomic E-state index is -0.491. The third-order valence-corrected chi connectivity index (χ3v) is 5.46. The number of aromatic nitrogens is 1. The van der Waals surface area contributed by atoms with E-state index in [9.17, 15) is 15.0 Å². The van der Waals surface area contributed by atoms with Crippen molar-refractivity contribution in [2.24, 2.45) is 0 Å². The van der Waals surface area contributed by atoms with Crippen LogP contribution >= 0.6 is 11.3 Å². The number of phenols is 1. The molecule has 0 spiro atoms. The van der Waals surface area contributed by atoms with E-state index in [1.807, 2.05) is 42.6 Å². The smallest absolute Gasteiger partial charge is 0.266 e. The van der Waals surface area contributed by atoms with E-state index >= 15 is 0 Å². The Morgan fingerprint density at radius 1 is 1.12 bits per heavy atom. The molecule has 2 aromatic carbocycles. The van der Waals surface area contributed by atoms with Gasteiger partial charge in [-0.05, 0) is 41.1 Å². The third kappa shape index (κ3) is 2.52. The van der Waals surface area contributed by atoms with Crippen molar-refractivity contribution >= 4 is 32.3 Å². The number of aromatic hydroxyl groups is 1. The van der Waals surface area contributed by atoms with Gasteiger partial charge in [0.05, 0.1) is 6.10 Å². The second-order valence-electron chi connectivity index (χ2n) is 6.05. The molecule has 0 saturated carbocycles. The number of pyridine rings is 1. The molecule has 0 aliphatic heterocycles. The summed E-state index contributed by atoms with van der Waals surface area (Å²) in [4.78, 5) is 15.1. The van der Waals surface area contributed by atoms with Gasteiger partial charge >= 0.3 is 0 Å². The number of aliphatic hydroxyl groups is 1. The van der Waals surface area contributed by atoms with Gasteiger partial charge in [0, 0.05) is 21.9 Å². The van der Waals surface area contributed by atoms with Crippen LogP contribution in [0, 0.1) is 0 Å². The Hall–Kier alpha value is -2.63. The van der Waals surface area contributed by atoms with Crippen LogP contribution in [0.15, 0.2) is 52.6 Å². The summed E-state index contributed by atoms with van der Waals surface area (Å²) in [5.74, 6) is 0.163. The van der Waals surface area contributed by atoms with E-state index in [0.717, 1.165) is 21.9 Å². The van der Waals surface area contributed by atoms with Crippen molar-refractivity contribution < 1.29 is 10.2 Å². The number of thiophene rings is 1. The number of H-pyrrole nitrogens is 1. The molecule has 0 radical (unpaired) electrons. The molecule has 5 heteroatoms. The summed E-state index contributed by atoms with van der Waals surface area (Å²) in [6, 6.07) is 12.8. The fraction of sp³-hybridized carbons (Fsp3) is 0.150. The summed E-state index contributed by atoms with van der Waals surface area (Å²) in [7, 11) is 0. The molecule has 25 heavy (non-hydrogen) atoms. The van der Waals surface area contributed by atoms with E-state index in [-0.39, 0.29) is 11.3 Å². The lowest BCUT2D eigenvalue weighted by Gasteiger charge is -2.13. The number of phenolic OH excluding ortho intramolecular Hbond substituents is 1. The molecule has 0 amide bonds. The molecule has 0 saturated heterocycles. The highest BCUT2D eigenvalue weighted by atomic mass is 32.1. The first kappa shape index (κ1) is 15.9. The average Bonchev–Trinajstić information content (AvgIpc) is 3.12. The number of fused-ring (bicyclic) bond motifs is 3. The number of nitrogens with one attached hydrogen (secondary N) is 1. The van der Waals surface area contributed by atoms with Crippen LogP contribution in [-0.2, 0) is 0 Å². The third-order valence-electron chi connectivity index (χ3n) is 4.54. The zero-order chi connectivity index (χ0) is 17.6. The number of aliphatic hydroxyl groups excluding tert-OH is 1. The van der Waals surface area contributed by atoms with Crippen molar-refractivity contribution in [2.45, 2.75) is 19.4 Å². The molecule has 0 aliphatic rings. The maximum atomic E-state index is 12.2. The Kier molecular flexibility index (Phi) is 3.82. The highest BCUT2D eigenvalue weighted by Crippen LogP contribution is 2.39. The summed E-state index contributed by atoms with van der Waals surface area (Å²) < 4.78 is 0.650. The Morgan fingerprint density at radius 3 is 2.60 bits per heavy atom. The van der Waals surface area contributed by atoms with Crippen molar-refractivity contribution in [1.82, 2.24) is 4.98 Å². The number of rotatable bonds is 3. The van der Waals surface area contributed by atoms with Gasteiger partial charge in [-0.25, -0.2) is 0 Å². The minimum absolute atomic E-state index is 0.115. The average molecular weight is 351 g/mol. The maximum Gasteiger partial charge on any atom is 0.266 e. The topological polar surface area (TPSA) is 73.3 Å². The van der Waals surface area contributed by atoms with Crippen LogP contribution in [0.4, 0.5) is 0 Å². The van der Waals surface area contributed by atoms with E-state index in [2.05, 4.69) is 4.98 Å². The van der Waals surface area contributed by atoms with E-state index in [4.69, 9.17) is 0 Å². The molecule has 4 nitrogen and oxygen atoms in total. The SMILES string of the molecule is CCC(O)c1ccc(-c2c(O)ccc3[nH]c(=O)c4sccc4c23)cc1. The fourth-order valence-corrected chi connectivity index (χ4v) is 4.03. The molecule has 126 valence electrons. The fourth-order valence-electron chi connectivity index (χ4n) is 3.24. The lowest BCUT2D eigenvalue weighted by Crippen LogP contribution is -2.04. The van der Waals surface area contributed by atoms with Gasteiger partial charge in [-0.1, -0.05) is 31.2 Å². The highest BCUT2D eigenvalue weighted by molar-refractivity contribution is 7.17. The number of benzene rings is 2. The molecule has 1 atom stereocenters. The van der Waals surface area contributed by atoms with Gasteiger partial charge in [0.15, 0.2) is 0 Å². The van der Waals surface area contributed by atoms with E-state index in [1.165, 1.54) is 11.3 Å². The summed E-state index contributed by atoms with van der Waals surface area (Å²) >= 11 is 1.39. The molecular weight excluding hydrogens is 334 g/mol. The molecule has 0 bridgehead atoms. The first-order valence-electron chi connectivity index (χ1n) is 8.13. The van der Waals surface area contributed by atoms with Gasteiger partial charge in [0.25, 0.3) is 5.56 Å². The van der Waals surface area contributed by atoms with Crippen molar-refractivity contribution in [3.05, 3.63) is 63.8 Å². The second-order valence-corrected chi connectivity index (χ2v) is 6.96. The quantitative estimate of drug-likeness (QED) is 0.507. The second kappa shape index (κ2) is 6.02. The Morgan fingerprint density at radius 2 is 1.88 bits per heavy atom. The Bertz CT molecular complexity index is 1130. The van der Waals surface area contributed by atoms with Gasteiger partial charge in [-0.2, -0.15) is 0 Å². The molecule has 0 aliphatic carbocycles. The standard InChI is InChI=1S/C20H17NO3S/c1-2-15(22)11-3-5-12(6-4-11)17-16(23)8-7-14-18(17)13-9-10-25-19(13)20(24)21-14/h3-10,15,22-23H,2H2,1H3,(H,21,24). The van der Waals surface area contributed by atoms with Crippen molar-refractivity contribution in [3.8, 4) is 16.9 Å². The van der Waals surface area contributed by atoms with Crippen LogP contribution < -0.4 is 5.56 Å². The Balaban J connectivity index is 2.02. The first-order valence-corrected chi connectivity index (χ1v) is 9.01. The number of aromatic amines is 1. The highest BCUT2D eigenvalue weighted by Gasteiger charge is 2.15. The summed E-state index contributed by atoms with van der Waals surface area (Å²) in [5.41, 5.74) is 2.96. The zero-order valence-electron chi connectivity index (χ0n) is 13.6. The van der Waals surface area contributed by atoms with Crippen LogP contribution in [-0.4, -0.2) is 15.2 Å². The Labute approximate surface area is 148 Å². The van der Waals surface area contributed by atoms with Crippen LogP contribution in [0.5, 0.6) is 5.75 Å². The van der Waals surface area contributed by atoms with Gasteiger partial charge < -0.3 is 15.2 Å². The van der Waals surface area contributed by atoms with Crippen molar-refractivity contribution in [3.63, 3.8) is 0 Å². The summed E-state index contributed by atoms with van der Waals surface area (Å²) in [6.07, 6.45) is 0.158.